The van der Waals surface area contributed by atoms with Crippen LogP contribution in [0.15, 0.2) is 6.20 Å². The maximum atomic E-state index is 13.3. The molecule has 0 unspecified atom stereocenters. The maximum absolute atomic E-state index is 13.3. The van der Waals surface area contributed by atoms with Gasteiger partial charge in [0.1, 0.15) is 0 Å². The second kappa shape index (κ2) is 4.65. The maximum Gasteiger partial charge on any atom is 0.222 e. The Morgan fingerprint density at radius 2 is 2.20 bits per heavy atom. The summed E-state index contributed by atoms with van der Waals surface area (Å²) in [5, 5.41) is 3.07. The van der Waals surface area contributed by atoms with Crippen molar-refractivity contribution in [3.05, 3.63) is 12.0 Å². The molecule has 0 spiro atoms. The lowest BCUT2D eigenvalue weighted by molar-refractivity contribution is 0.602. The summed E-state index contributed by atoms with van der Waals surface area (Å²) in [6.45, 7) is 0. The van der Waals surface area contributed by atoms with E-state index in [1.165, 1.54) is 0 Å². The van der Waals surface area contributed by atoms with E-state index in [1.807, 2.05) is 11.8 Å². The number of nitrogens with zero attached hydrogens (tertiary/aromatic N) is 2. The predicted molar refractivity (Wildman–Crippen MR) is 60.4 cm³/mol. The molecule has 15 heavy (non-hydrogen) atoms. The molecule has 1 aromatic heterocycles. The van der Waals surface area contributed by atoms with Crippen LogP contribution in [-0.2, 0) is 0 Å². The van der Waals surface area contributed by atoms with Crippen LogP contribution >= 0.6 is 11.8 Å². The van der Waals surface area contributed by atoms with Gasteiger partial charge in [-0.3, -0.25) is 0 Å². The van der Waals surface area contributed by atoms with Gasteiger partial charge in [0.15, 0.2) is 11.6 Å². The Kier molecular flexibility index (Phi) is 3.25. The zero-order valence-corrected chi connectivity index (χ0v) is 9.06. The summed E-state index contributed by atoms with van der Waals surface area (Å²) in [6.07, 6.45) is 3.17. The zero-order valence-electron chi connectivity index (χ0n) is 8.24. The van der Waals surface area contributed by atoms with Crippen molar-refractivity contribution in [3.8, 4) is 0 Å². The minimum Gasteiger partial charge on any atom is -0.368 e. The molecule has 0 aromatic carbocycles. The average molecular weight is 228 g/mol. The predicted octanol–water partition coefficient (Wildman–Crippen LogP) is 1.51. The molecule has 0 amide bonds. The first kappa shape index (κ1) is 10.5. The summed E-state index contributed by atoms with van der Waals surface area (Å²) in [5.74, 6) is 2.10. The lowest BCUT2D eigenvalue weighted by Crippen LogP contribution is -2.25. The van der Waals surface area contributed by atoms with Crippen LogP contribution in [0, 0.1) is 5.82 Å². The van der Waals surface area contributed by atoms with Crippen LogP contribution in [0.1, 0.15) is 12.8 Å². The summed E-state index contributed by atoms with van der Waals surface area (Å²) in [7, 11) is 0. The first-order valence-corrected chi connectivity index (χ1v) is 6.03. The number of nitrogens with one attached hydrogen (secondary N) is 1. The van der Waals surface area contributed by atoms with Crippen molar-refractivity contribution in [1.29, 1.82) is 0 Å². The van der Waals surface area contributed by atoms with Crippen LogP contribution < -0.4 is 11.1 Å². The monoisotopic (exact) mass is 228 g/mol. The van der Waals surface area contributed by atoms with Crippen molar-refractivity contribution in [3.63, 3.8) is 0 Å². The average Bonchev–Trinajstić information content (AvgIpc) is 2.25. The number of nitrogen functional groups attached to an aromatic ring is 1. The van der Waals surface area contributed by atoms with Crippen LogP contribution in [0.3, 0.4) is 0 Å². The molecule has 1 fully saturated rings. The summed E-state index contributed by atoms with van der Waals surface area (Å²) in [6, 6.07) is 0.301. The summed E-state index contributed by atoms with van der Waals surface area (Å²) < 4.78 is 13.3. The third kappa shape index (κ3) is 2.71. The fraction of sp³-hybridized carbons (Fsp3) is 0.556. The topological polar surface area (TPSA) is 63.8 Å². The molecule has 2 rings (SSSR count). The van der Waals surface area contributed by atoms with Crippen LogP contribution in [0.5, 0.6) is 0 Å². The van der Waals surface area contributed by atoms with Gasteiger partial charge < -0.3 is 11.1 Å². The van der Waals surface area contributed by atoms with Gasteiger partial charge in [0.2, 0.25) is 5.95 Å². The van der Waals surface area contributed by atoms with E-state index >= 15 is 0 Å². The molecule has 1 saturated heterocycles. The minimum absolute atomic E-state index is 0.101. The van der Waals surface area contributed by atoms with Gasteiger partial charge in [-0.25, -0.2) is 9.37 Å². The highest BCUT2D eigenvalue weighted by molar-refractivity contribution is 7.99. The number of hydrogen-bond donors (Lipinski definition) is 2. The van der Waals surface area contributed by atoms with E-state index < -0.39 is 5.82 Å². The third-order valence-electron chi connectivity index (χ3n) is 2.32. The molecule has 0 radical (unpaired) electrons. The zero-order chi connectivity index (χ0) is 10.7. The molecular weight excluding hydrogens is 215 g/mol. The van der Waals surface area contributed by atoms with Gasteiger partial charge in [-0.2, -0.15) is 16.7 Å². The van der Waals surface area contributed by atoms with Crippen LogP contribution in [0.4, 0.5) is 16.2 Å². The number of aromatic nitrogens is 2. The van der Waals surface area contributed by atoms with E-state index in [0.717, 1.165) is 30.5 Å². The molecule has 82 valence electrons. The Morgan fingerprint density at radius 3 is 2.93 bits per heavy atom. The molecule has 0 atom stereocenters. The number of rotatable bonds is 2. The largest absolute Gasteiger partial charge is 0.368 e. The van der Waals surface area contributed by atoms with E-state index in [1.54, 1.807) is 0 Å². The van der Waals surface area contributed by atoms with Crippen molar-refractivity contribution in [2.24, 2.45) is 0 Å². The first-order valence-electron chi connectivity index (χ1n) is 4.88. The Morgan fingerprint density at radius 1 is 1.47 bits per heavy atom. The van der Waals surface area contributed by atoms with Crippen LogP contribution in [0.2, 0.25) is 0 Å². The highest BCUT2D eigenvalue weighted by Gasteiger charge is 2.15. The Hall–Kier alpha value is -1.04. The lowest BCUT2D eigenvalue weighted by Gasteiger charge is -2.23. The van der Waals surface area contributed by atoms with E-state index in [-0.39, 0.29) is 11.8 Å². The smallest absolute Gasteiger partial charge is 0.222 e. The lowest BCUT2D eigenvalue weighted by atomic mass is 10.1. The third-order valence-corrected chi connectivity index (χ3v) is 3.37. The number of halogens is 1. The molecule has 0 saturated carbocycles. The van der Waals surface area contributed by atoms with Gasteiger partial charge in [0.05, 0.1) is 6.20 Å². The van der Waals surface area contributed by atoms with E-state index in [2.05, 4.69) is 15.3 Å². The summed E-state index contributed by atoms with van der Waals surface area (Å²) in [5.41, 5.74) is 5.40. The van der Waals surface area contributed by atoms with Gasteiger partial charge >= 0.3 is 0 Å². The van der Waals surface area contributed by atoms with Crippen molar-refractivity contribution < 1.29 is 4.39 Å². The Labute approximate surface area is 91.9 Å². The van der Waals surface area contributed by atoms with Gasteiger partial charge in [-0.1, -0.05) is 0 Å². The number of anilines is 2. The van der Waals surface area contributed by atoms with Crippen molar-refractivity contribution in [1.82, 2.24) is 9.97 Å². The molecule has 6 heteroatoms. The molecule has 3 N–H and O–H groups in total. The van der Waals surface area contributed by atoms with E-state index in [4.69, 9.17) is 5.73 Å². The molecule has 4 nitrogen and oxygen atoms in total. The highest BCUT2D eigenvalue weighted by Crippen LogP contribution is 2.21. The van der Waals surface area contributed by atoms with Crippen LogP contribution in [-0.4, -0.2) is 27.5 Å². The second-order valence-electron chi connectivity index (χ2n) is 3.46. The highest BCUT2D eigenvalue weighted by atomic mass is 32.2. The summed E-state index contributed by atoms with van der Waals surface area (Å²) in [4.78, 5) is 7.42. The molecular formula is C9H13FN4S. The molecule has 1 aliphatic rings. The fourth-order valence-electron chi connectivity index (χ4n) is 1.52. The SMILES string of the molecule is Nc1ncc(F)c(NC2CCSCC2)n1. The Balaban J connectivity index is 2.05. The Bertz CT molecular complexity index is 341. The number of hydrogen-bond acceptors (Lipinski definition) is 5. The minimum atomic E-state index is -0.442. The molecule has 0 bridgehead atoms. The number of nitrogens with two attached hydrogens (primary N) is 1. The van der Waals surface area contributed by atoms with Gasteiger partial charge in [-0.05, 0) is 24.3 Å². The molecule has 1 aromatic rings. The molecule has 1 aliphatic heterocycles. The number of thioether (sulfide) groups is 1. The van der Waals surface area contributed by atoms with Crippen LogP contribution in [0.25, 0.3) is 0 Å². The normalized spacial score (nSPS) is 17.7. The quantitative estimate of drug-likeness (QED) is 0.803. The second-order valence-corrected chi connectivity index (χ2v) is 4.68. The van der Waals surface area contributed by atoms with Gasteiger partial charge in [0, 0.05) is 6.04 Å². The van der Waals surface area contributed by atoms with Crippen molar-refractivity contribution in [2.45, 2.75) is 18.9 Å². The molecule has 2 heterocycles. The van der Waals surface area contributed by atoms with Crippen molar-refractivity contribution in [2.75, 3.05) is 22.6 Å². The van der Waals surface area contributed by atoms with E-state index in [9.17, 15) is 4.39 Å². The summed E-state index contributed by atoms with van der Waals surface area (Å²) >= 11 is 1.93. The fourth-order valence-corrected chi connectivity index (χ4v) is 2.62. The molecule has 0 aliphatic carbocycles. The standard InChI is InChI=1S/C9H13FN4S/c10-7-5-12-9(11)14-8(7)13-6-1-3-15-4-2-6/h5-6H,1-4H2,(H3,11,12,13,14). The van der Waals surface area contributed by atoms with Crippen molar-refractivity contribution >= 4 is 23.5 Å². The first-order chi connectivity index (χ1) is 7.25. The van der Waals surface area contributed by atoms with E-state index in [0.29, 0.717) is 6.04 Å². The van der Waals surface area contributed by atoms with Gasteiger partial charge in [0.25, 0.3) is 0 Å². The van der Waals surface area contributed by atoms with Gasteiger partial charge in [-0.15, -0.1) is 0 Å².